The smallest absolute Gasteiger partial charge is 0.00386 e. The van der Waals surface area contributed by atoms with Crippen molar-refractivity contribution in [3.05, 3.63) is 0 Å². The molecule has 1 fully saturated rings. The van der Waals surface area contributed by atoms with Crippen molar-refractivity contribution in [3.8, 4) is 0 Å². The van der Waals surface area contributed by atoms with Crippen LogP contribution in [-0.4, -0.2) is 24.0 Å². The zero-order valence-corrected chi connectivity index (χ0v) is 9.15. The van der Waals surface area contributed by atoms with Gasteiger partial charge in [-0.15, -0.1) is 0 Å². The van der Waals surface area contributed by atoms with Gasteiger partial charge in [0.1, 0.15) is 0 Å². The van der Waals surface area contributed by atoms with E-state index in [1.165, 1.54) is 19.5 Å². The summed E-state index contributed by atoms with van der Waals surface area (Å²) in [5.74, 6) is 0. The van der Waals surface area contributed by atoms with Gasteiger partial charge in [0.2, 0.25) is 0 Å². The van der Waals surface area contributed by atoms with E-state index in [-0.39, 0.29) is 0 Å². The maximum Gasteiger partial charge on any atom is 0.00386 e. The third-order valence-corrected chi connectivity index (χ3v) is 1.62. The molecule has 0 bridgehead atoms. The Morgan fingerprint density at radius 3 is 1.27 bits per heavy atom. The first kappa shape index (κ1) is 13.5. The quantitative estimate of drug-likeness (QED) is 0.568. The fourth-order valence-electron chi connectivity index (χ4n) is 0.857. The second kappa shape index (κ2) is 9.96. The van der Waals surface area contributed by atoms with Crippen LogP contribution in [0.15, 0.2) is 0 Å². The highest BCUT2D eigenvalue weighted by molar-refractivity contribution is 4.71. The average Bonchev–Trinajstić information content (AvgIpc) is 1.92. The lowest BCUT2D eigenvalue weighted by atomic mass is 10.2. The molecule has 0 aromatic heterocycles. The molecule has 0 aliphatic carbocycles. The molecule has 70 valence electrons. The first-order valence-electron chi connectivity index (χ1n) is 5.05. The van der Waals surface area contributed by atoms with Gasteiger partial charge in [-0.2, -0.15) is 0 Å². The van der Waals surface area contributed by atoms with Crippen LogP contribution in [0.1, 0.15) is 48.0 Å². The average molecular weight is 159 g/mol. The van der Waals surface area contributed by atoms with Crippen LogP contribution in [-0.2, 0) is 0 Å². The highest BCUT2D eigenvalue weighted by Gasteiger charge is 2.15. The van der Waals surface area contributed by atoms with Crippen LogP contribution in [0.3, 0.4) is 0 Å². The summed E-state index contributed by atoms with van der Waals surface area (Å²) in [6.07, 6.45) is 1.41. The Labute approximate surface area is 72.8 Å². The summed E-state index contributed by atoms with van der Waals surface area (Å²) in [5.41, 5.74) is 0. The van der Waals surface area contributed by atoms with Crippen molar-refractivity contribution in [1.29, 1.82) is 0 Å². The molecule has 0 aromatic carbocycles. The summed E-state index contributed by atoms with van der Waals surface area (Å²) in [6, 6.07) is 0.786. The largest absolute Gasteiger partial charge is 0.301 e. The highest BCUT2D eigenvalue weighted by atomic mass is 15.2. The molecule has 0 atom stereocenters. The van der Waals surface area contributed by atoms with Gasteiger partial charge in [-0.25, -0.2) is 0 Å². The Balaban J connectivity index is 0. The number of likely N-dealkylation sites (tertiary alicyclic amines) is 1. The van der Waals surface area contributed by atoms with Crippen molar-refractivity contribution in [3.63, 3.8) is 0 Å². The van der Waals surface area contributed by atoms with Gasteiger partial charge in [0.05, 0.1) is 0 Å². The minimum absolute atomic E-state index is 0.786. The lowest BCUT2D eigenvalue weighted by Gasteiger charge is -2.34. The van der Waals surface area contributed by atoms with Crippen LogP contribution < -0.4 is 0 Å². The lowest BCUT2D eigenvalue weighted by Crippen LogP contribution is -2.41. The minimum Gasteiger partial charge on any atom is -0.301 e. The molecule has 1 saturated heterocycles. The molecule has 1 heterocycles. The summed E-state index contributed by atoms with van der Waals surface area (Å²) in [6.45, 7) is 15.2. The standard InChI is InChI=1S/C6H13N.2C2H6/c1-6(2)7-4-3-5-7;2*1-2/h6H,3-5H2,1-2H3;2*1-2H3. The van der Waals surface area contributed by atoms with E-state index in [9.17, 15) is 0 Å². The van der Waals surface area contributed by atoms with Crippen molar-refractivity contribution in [2.45, 2.75) is 54.0 Å². The molecule has 1 nitrogen and oxygen atoms in total. The van der Waals surface area contributed by atoms with Crippen LogP contribution >= 0.6 is 0 Å². The highest BCUT2D eigenvalue weighted by Crippen LogP contribution is 2.08. The molecule has 0 unspecified atom stereocenters. The van der Waals surface area contributed by atoms with Crippen molar-refractivity contribution in [2.75, 3.05) is 13.1 Å². The Hall–Kier alpha value is -0.0400. The molecule has 0 aromatic rings. The van der Waals surface area contributed by atoms with Gasteiger partial charge in [-0.05, 0) is 33.4 Å². The lowest BCUT2D eigenvalue weighted by molar-refractivity contribution is 0.138. The molecule has 0 N–H and O–H groups in total. The number of hydrogen-bond acceptors (Lipinski definition) is 1. The van der Waals surface area contributed by atoms with Gasteiger partial charge in [-0.1, -0.05) is 27.7 Å². The molecule has 1 rings (SSSR count). The van der Waals surface area contributed by atoms with E-state index in [1.54, 1.807) is 0 Å². The summed E-state index contributed by atoms with van der Waals surface area (Å²) < 4.78 is 0. The number of hydrogen-bond donors (Lipinski definition) is 0. The second-order valence-electron chi connectivity index (χ2n) is 2.48. The van der Waals surface area contributed by atoms with E-state index in [4.69, 9.17) is 0 Å². The van der Waals surface area contributed by atoms with Crippen LogP contribution in [0.5, 0.6) is 0 Å². The van der Waals surface area contributed by atoms with Gasteiger partial charge in [0.15, 0.2) is 0 Å². The Morgan fingerprint density at radius 1 is 0.909 bits per heavy atom. The van der Waals surface area contributed by atoms with Crippen LogP contribution in [0.2, 0.25) is 0 Å². The predicted molar refractivity (Wildman–Crippen MR) is 54.0 cm³/mol. The molecular weight excluding hydrogens is 134 g/mol. The van der Waals surface area contributed by atoms with Crippen molar-refractivity contribution >= 4 is 0 Å². The van der Waals surface area contributed by atoms with E-state index < -0.39 is 0 Å². The molecule has 0 spiro atoms. The van der Waals surface area contributed by atoms with E-state index in [2.05, 4.69) is 18.7 Å². The number of nitrogens with zero attached hydrogens (tertiary/aromatic N) is 1. The Morgan fingerprint density at radius 2 is 1.27 bits per heavy atom. The molecular formula is C10H25N. The zero-order chi connectivity index (χ0) is 9.28. The Bertz CT molecular complexity index is 55.9. The van der Waals surface area contributed by atoms with E-state index in [1.807, 2.05) is 27.7 Å². The normalized spacial score (nSPS) is 15.5. The van der Waals surface area contributed by atoms with Crippen LogP contribution in [0, 0.1) is 0 Å². The molecule has 0 saturated carbocycles. The first-order valence-corrected chi connectivity index (χ1v) is 5.05. The molecule has 0 radical (unpaired) electrons. The van der Waals surface area contributed by atoms with Gasteiger partial charge in [0, 0.05) is 6.04 Å². The predicted octanol–water partition coefficient (Wildman–Crippen LogP) is 3.15. The summed E-state index contributed by atoms with van der Waals surface area (Å²) in [7, 11) is 0. The molecule has 0 amide bonds. The van der Waals surface area contributed by atoms with Crippen LogP contribution in [0.25, 0.3) is 0 Å². The third kappa shape index (κ3) is 6.36. The molecule has 1 aliphatic heterocycles. The minimum atomic E-state index is 0.786. The molecule has 11 heavy (non-hydrogen) atoms. The van der Waals surface area contributed by atoms with Gasteiger partial charge in [0.25, 0.3) is 0 Å². The fourth-order valence-corrected chi connectivity index (χ4v) is 0.857. The van der Waals surface area contributed by atoms with E-state index >= 15 is 0 Å². The number of rotatable bonds is 1. The van der Waals surface area contributed by atoms with Crippen LogP contribution in [0.4, 0.5) is 0 Å². The van der Waals surface area contributed by atoms with E-state index in [0.29, 0.717) is 0 Å². The zero-order valence-electron chi connectivity index (χ0n) is 9.15. The first-order chi connectivity index (χ1) is 5.30. The topological polar surface area (TPSA) is 3.24 Å². The Kier molecular flexibility index (Phi) is 12.3. The maximum atomic E-state index is 2.47. The van der Waals surface area contributed by atoms with Gasteiger partial charge >= 0.3 is 0 Å². The molecule has 1 aliphatic rings. The molecule has 1 heteroatoms. The monoisotopic (exact) mass is 159 g/mol. The van der Waals surface area contributed by atoms with Crippen molar-refractivity contribution in [1.82, 2.24) is 4.90 Å². The summed E-state index contributed by atoms with van der Waals surface area (Å²) in [4.78, 5) is 2.47. The third-order valence-electron chi connectivity index (χ3n) is 1.62. The van der Waals surface area contributed by atoms with Gasteiger partial charge < -0.3 is 4.90 Å². The van der Waals surface area contributed by atoms with Crippen molar-refractivity contribution in [2.24, 2.45) is 0 Å². The SMILES string of the molecule is CC.CC.CC(C)N1CCC1. The second-order valence-corrected chi connectivity index (χ2v) is 2.48. The summed E-state index contributed by atoms with van der Waals surface area (Å²) >= 11 is 0. The summed E-state index contributed by atoms with van der Waals surface area (Å²) in [5, 5.41) is 0. The van der Waals surface area contributed by atoms with Crippen molar-refractivity contribution < 1.29 is 0 Å². The fraction of sp³-hybridized carbons (Fsp3) is 1.00. The maximum absolute atomic E-state index is 2.47. The van der Waals surface area contributed by atoms with Gasteiger partial charge in [-0.3, -0.25) is 0 Å². The van der Waals surface area contributed by atoms with E-state index in [0.717, 1.165) is 6.04 Å².